The molecule has 1 fully saturated rings. The Hall–Kier alpha value is -1.88. The van der Waals surface area contributed by atoms with E-state index in [-0.39, 0.29) is 6.10 Å². The first-order valence-corrected chi connectivity index (χ1v) is 6.69. The molecule has 0 spiro atoms. The largest absolute Gasteiger partial charge is 0.482 e. The van der Waals surface area contributed by atoms with Crippen LogP contribution in [0.5, 0.6) is 5.75 Å². The van der Waals surface area contributed by atoms with Gasteiger partial charge in [0, 0.05) is 12.5 Å². The van der Waals surface area contributed by atoms with Crippen LogP contribution in [0.25, 0.3) is 0 Å². The van der Waals surface area contributed by atoms with Crippen molar-refractivity contribution < 1.29 is 9.26 Å². The summed E-state index contributed by atoms with van der Waals surface area (Å²) in [6.45, 7) is 0.650. The lowest BCUT2D eigenvalue weighted by molar-refractivity contribution is 0.221. The highest BCUT2D eigenvalue weighted by Crippen LogP contribution is 2.35. The van der Waals surface area contributed by atoms with Gasteiger partial charge in [-0.3, -0.25) is 0 Å². The van der Waals surface area contributed by atoms with Crippen molar-refractivity contribution in [3.05, 3.63) is 41.5 Å². The van der Waals surface area contributed by atoms with E-state index in [1.54, 1.807) is 0 Å². The summed E-state index contributed by atoms with van der Waals surface area (Å²) in [7, 11) is 0. The van der Waals surface area contributed by atoms with E-state index in [1.807, 2.05) is 18.2 Å². The van der Waals surface area contributed by atoms with Crippen LogP contribution in [0.1, 0.15) is 36.2 Å². The quantitative estimate of drug-likeness (QED) is 0.907. The molecule has 0 bridgehead atoms. The summed E-state index contributed by atoms with van der Waals surface area (Å²) in [6, 6.07) is 8.69. The molecule has 1 aliphatic carbocycles. The molecule has 98 valence electrons. The number of benzene rings is 1. The van der Waals surface area contributed by atoms with Gasteiger partial charge in [0.1, 0.15) is 5.75 Å². The second-order valence-corrected chi connectivity index (χ2v) is 5.12. The van der Waals surface area contributed by atoms with Gasteiger partial charge in [-0.1, -0.05) is 23.4 Å². The zero-order valence-electron chi connectivity index (χ0n) is 10.5. The molecular weight excluding hydrogens is 242 g/mol. The molecule has 1 saturated carbocycles. The maximum Gasteiger partial charge on any atom is 0.240 e. The van der Waals surface area contributed by atoms with Crippen molar-refractivity contribution in [1.82, 2.24) is 15.5 Å². The van der Waals surface area contributed by atoms with Gasteiger partial charge in [-0.2, -0.15) is 4.98 Å². The van der Waals surface area contributed by atoms with Crippen LogP contribution in [-0.4, -0.2) is 16.2 Å². The highest BCUT2D eigenvalue weighted by atomic mass is 16.5. The summed E-state index contributed by atoms with van der Waals surface area (Å²) >= 11 is 0. The Morgan fingerprint density at radius 3 is 3.00 bits per heavy atom. The summed E-state index contributed by atoms with van der Waals surface area (Å²) in [6.07, 6.45) is 3.20. The predicted molar refractivity (Wildman–Crippen MR) is 67.7 cm³/mol. The van der Waals surface area contributed by atoms with E-state index in [4.69, 9.17) is 9.26 Å². The molecule has 1 unspecified atom stereocenters. The first kappa shape index (κ1) is 11.0. The minimum Gasteiger partial charge on any atom is -0.482 e. The van der Waals surface area contributed by atoms with Gasteiger partial charge in [0.05, 0.1) is 6.54 Å². The number of hydrogen-bond donors (Lipinski definition) is 1. The van der Waals surface area contributed by atoms with Crippen LogP contribution in [0.15, 0.2) is 28.8 Å². The summed E-state index contributed by atoms with van der Waals surface area (Å²) in [5, 5.41) is 7.39. The molecule has 5 nitrogen and oxygen atoms in total. The van der Waals surface area contributed by atoms with E-state index in [0.29, 0.717) is 24.3 Å². The van der Waals surface area contributed by atoms with Gasteiger partial charge in [0.2, 0.25) is 11.7 Å². The Balaban J connectivity index is 1.45. The lowest BCUT2D eigenvalue weighted by atomic mass is 10.1. The second-order valence-electron chi connectivity index (χ2n) is 5.12. The van der Waals surface area contributed by atoms with E-state index in [1.165, 1.54) is 18.4 Å². The van der Waals surface area contributed by atoms with Crippen LogP contribution in [-0.2, 0) is 13.0 Å². The van der Waals surface area contributed by atoms with E-state index in [0.717, 1.165) is 12.2 Å². The van der Waals surface area contributed by atoms with E-state index in [9.17, 15) is 0 Å². The third-order valence-electron chi connectivity index (χ3n) is 3.54. The summed E-state index contributed by atoms with van der Waals surface area (Å²) < 4.78 is 11.1. The van der Waals surface area contributed by atoms with Gasteiger partial charge >= 0.3 is 0 Å². The molecule has 1 atom stereocenters. The molecule has 0 saturated heterocycles. The van der Waals surface area contributed by atoms with Gasteiger partial charge < -0.3 is 14.6 Å². The Morgan fingerprint density at radius 2 is 2.16 bits per heavy atom. The molecule has 0 radical (unpaired) electrons. The van der Waals surface area contributed by atoms with Gasteiger partial charge in [-0.05, 0) is 24.5 Å². The normalized spacial score (nSPS) is 21.2. The van der Waals surface area contributed by atoms with Gasteiger partial charge in [-0.15, -0.1) is 0 Å². The van der Waals surface area contributed by atoms with Crippen LogP contribution < -0.4 is 10.1 Å². The fraction of sp³-hybridized carbons (Fsp3) is 0.429. The Morgan fingerprint density at radius 1 is 1.26 bits per heavy atom. The second kappa shape index (κ2) is 4.35. The topological polar surface area (TPSA) is 60.2 Å². The third kappa shape index (κ3) is 2.21. The molecule has 0 amide bonds. The lowest BCUT2D eigenvalue weighted by Crippen LogP contribution is -2.15. The highest BCUT2D eigenvalue weighted by Gasteiger charge is 2.28. The first-order chi connectivity index (χ1) is 9.38. The number of aromatic nitrogens is 2. The first-order valence-electron chi connectivity index (χ1n) is 6.69. The van der Waals surface area contributed by atoms with Crippen LogP contribution in [0.4, 0.5) is 0 Å². The third-order valence-corrected chi connectivity index (χ3v) is 3.54. The monoisotopic (exact) mass is 257 g/mol. The average Bonchev–Trinajstić information content (AvgIpc) is 2.99. The maximum absolute atomic E-state index is 5.84. The molecule has 2 aliphatic rings. The van der Waals surface area contributed by atoms with E-state index >= 15 is 0 Å². The fourth-order valence-corrected chi connectivity index (χ4v) is 2.32. The van der Waals surface area contributed by atoms with Crippen molar-refractivity contribution in [2.75, 3.05) is 0 Å². The van der Waals surface area contributed by atoms with E-state index < -0.39 is 0 Å². The zero-order valence-corrected chi connectivity index (χ0v) is 10.5. The smallest absolute Gasteiger partial charge is 0.240 e. The predicted octanol–water partition coefficient (Wildman–Crippen LogP) is 2.00. The van der Waals surface area contributed by atoms with Crippen molar-refractivity contribution in [3.63, 3.8) is 0 Å². The molecule has 1 aliphatic heterocycles. The highest BCUT2D eigenvalue weighted by molar-refractivity contribution is 5.37. The summed E-state index contributed by atoms with van der Waals surface area (Å²) in [5.41, 5.74) is 1.20. The molecule has 4 rings (SSSR count). The van der Waals surface area contributed by atoms with Crippen molar-refractivity contribution in [2.24, 2.45) is 0 Å². The number of ether oxygens (including phenoxy) is 1. The molecule has 1 N–H and O–H groups in total. The van der Waals surface area contributed by atoms with Crippen molar-refractivity contribution in [1.29, 1.82) is 0 Å². The molecule has 2 aromatic rings. The molecule has 1 aromatic heterocycles. The number of hydrogen-bond acceptors (Lipinski definition) is 5. The SMILES string of the molecule is c1ccc2c(c1)CC(c1noc(CNC3CC3)n1)O2. The van der Waals surface area contributed by atoms with Crippen LogP contribution in [0.3, 0.4) is 0 Å². The number of fused-ring (bicyclic) bond motifs is 1. The molecule has 5 heteroatoms. The number of nitrogens with one attached hydrogen (secondary N) is 1. The van der Waals surface area contributed by atoms with Gasteiger partial charge in [-0.25, -0.2) is 0 Å². The van der Waals surface area contributed by atoms with Gasteiger partial charge in [0.25, 0.3) is 0 Å². The maximum atomic E-state index is 5.84. The molecule has 2 heterocycles. The van der Waals surface area contributed by atoms with Crippen LogP contribution in [0.2, 0.25) is 0 Å². The summed E-state index contributed by atoms with van der Waals surface area (Å²) in [4.78, 5) is 4.41. The van der Waals surface area contributed by atoms with Crippen LogP contribution >= 0.6 is 0 Å². The lowest BCUT2D eigenvalue weighted by Gasteiger charge is -2.04. The van der Waals surface area contributed by atoms with Gasteiger partial charge in [0.15, 0.2) is 6.10 Å². The Bertz CT molecular complexity index is 567. The fourth-order valence-electron chi connectivity index (χ4n) is 2.32. The number of para-hydroxylation sites is 1. The Labute approximate surface area is 111 Å². The molecule has 1 aromatic carbocycles. The minimum atomic E-state index is -0.115. The van der Waals surface area contributed by atoms with Crippen molar-refractivity contribution >= 4 is 0 Å². The van der Waals surface area contributed by atoms with E-state index in [2.05, 4.69) is 21.5 Å². The standard InChI is InChI=1S/C14H15N3O2/c1-2-4-11-9(3-1)7-12(18-11)14-16-13(19-17-14)8-15-10-5-6-10/h1-4,10,12,15H,5-8H2. The minimum absolute atomic E-state index is 0.115. The zero-order chi connectivity index (χ0) is 12.7. The van der Waals surface area contributed by atoms with Crippen molar-refractivity contribution in [2.45, 2.75) is 38.0 Å². The number of rotatable bonds is 4. The molecular formula is C14H15N3O2. The molecule has 19 heavy (non-hydrogen) atoms. The summed E-state index contributed by atoms with van der Waals surface area (Å²) in [5.74, 6) is 2.21. The average molecular weight is 257 g/mol. The van der Waals surface area contributed by atoms with Crippen LogP contribution in [0, 0.1) is 0 Å². The Kier molecular flexibility index (Phi) is 2.51. The van der Waals surface area contributed by atoms with Crippen molar-refractivity contribution in [3.8, 4) is 5.75 Å². The number of nitrogens with zero attached hydrogens (tertiary/aromatic N) is 2.